The quantitative estimate of drug-likeness (QED) is 0.893. The van der Waals surface area contributed by atoms with Crippen molar-refractivity contribution in [1.29, 1.82) is 0 Å². The Bertz CT molecular complexity index is 646. The number of amides is 3. The Hall–Kier alpha value is -2.36. The summed E-state index contributed by atoms with van der Waals surface area (Å²) < 4.78 is 0. The first kappa shape index (κ1) is 11.7. The molecule has 3 amide bonds. The van der Waals surface area contributed by atoms with E-state index < -0.39 is 0 Å². The molecule has 0 saturated carbocycles. The molecule has 0 aromatic heterocycles. The lowest BCUT2D eigenvalue weighted by Crippen LogP contribution is -2.48. The molecule has 0 spiro atoms. The number of hydrogen-bond donors (Lipinski definition) is 1. The van der Waals surface area contributed by atoms with Crippen LogP contribution in [0.2, 0.25) is 0 Å². The number of carbonyl (C=O) groups excluding carboxylic acids is 2. The minimum atomic E-state index is -0.302. The fourth-order valence-corrected chi connectivity index (χ4v) is 2.39. The summed E-state index contributed by atoms with van der Waals surface area (Å²) in [6.07, 6.45) is 0.372. The number of urea groups is 1. The first-order valence-corrected chi connectivity index (χ1v) is 6.29. The lowest BCUT2D eigenvalue weighted by molar-refractivity contribution is -0.121. The van der Waals surface area contributed by atoms with Gasteiger partial charge in [-0.3, -0.25) is 10.1 Å². The highest BCUT2D eigenvalue weighted by atomic mass is 16.2. The molecule has 2 aromatic rings. The maximum atomic E-state index is 11.7. The minimum absolute atomic E-state index is 0.195. The van der Waals surface area contributed by atoms with Crippen LogP contribution >= 0.6 is 0 Å². The van der Waals surface area contributed by atoms with Crippen LogP contribution in [-0.2, 0) is 11.3 Å². The predicted octanol–water partition coefficient (Wildman–Crippen LogP) is 2.28. The Morgan fingerprint density at radius 3 is 2.68 bits per heavy atom. The molecule has 1 saturated heterocycles. The normalized spacial score (nSPS) is 15.7. The van der Waals surface area contributed by atoms with E-state index in [0.717, 1.165) is 16.3 Å². The van der Waals surface area contributed by atoms with Crippen molar-refractivity contribution in [2.75, 3.05) is 6.54 Å². The molecule has 4 heteroatoms. The Morgan fingerprint density at radius 1 is 1.05 bits per heavy atom. The first-order chi connectivity index (χ1) is 9.24. The molecule has 1 heterocycles. The highest BCUT2D eigenvalue weighted by Crippen LogP contribution is 2.20. The fraction of sp³-hybridized carbons (Fsp3) is 0.200. The maximum absolute atomic E-state index is 11.7. The van der Waals surface area contributed by atoms with E-state index in [-0.39, 0.29) is 11.9 Å². The standard InChI is InChI=1S/C15H14N2O2/c18-14-8-9-17(15(19)16-14)10-12-6-3-5-11-4-1-2-7-13(11)12/h1-7H,8-10H2,(H,16,18,19). The molecule has 4 nitrogen and oxygen atoms in total. The number of nitrogens with zero attached hydrogens (tertiary/aromatic N) is 1. The topological polar surface area (TPSA) is 49.4 Å². The highest BCUT2D eigenvalue weighted by Gasteiger charge is 2.23. The van der Waals surface area contributed by atoms with Gasteiger partial charge in [0.25, 0.3) is 0 Å². The zero-order valence-electron chi connectivity index (χ0n) is 10.4. The molecule has 0 atom stereocenters. The van der Waals surface area contributed by atoms with Crippen LogP contribution in [0.3, 0.4) is 0 Å². The second kappa shape index (κ2) is 4.72. The van der Waals surface area contributed by atoms with Gasteiger partial charge < -0.3 is 4.90 Å². The van der Waals surface area contributed by atoms with Crippen molar-refractivity contribution in [3.63, 3.8) is 0 Å². The second-order valence-electron chi connectivity index (χ2n) is 4.66. The van der Waals surface area contributed by atoms with Gasteiger partial charge >= 0.3 is 6.03 Å². The van der Waals surface area contributed by atoms with Crippen LogP contribution in [-0.4, -0.2) is 23.4 Å². The van der Waals surface area contributed by atoms with Crippen molar-refractivity contribution in [3.8, 4) is 0 Å². The molecule has 0 unspecified atom stereocenters. The van der Waals surface area contributed by atoms with Crippen LogP contribution in [0.5, 0.6) is 0 Å². The van der Waals surface area contributed by atoms with Gasteiger partial charge in [-0.2, -0.15) is 0 Å². The van der Waals surface area contributed by atoms with Crippen LogP contribution in [0.25, 0.3) is 10.8 Å². The monoisotopic (exact) mass is 254 g/mol. The van der Waals surface area contributed by atoms with Gasteiger partial charge in [0.2, 0.25) is 5.91 Å². The highest BCUT2D eigenvalue weighted by molar-refractivity contribution is 5.96. The van der Waals surface area contributed by atoms with Crippen molar-refractivity contribution >= 4 is 22.7 Å². The summed E-state index contributed by atoms with van der Waals surface area (Å²) in [5, 5.41) is 4.65. The summed E-state index contributed by atoms with van der Waals surface area (Å²) in [5.74, 6) is -0.195. The van der Waals surface area contributed by atoms with E-state index in [1.165, 1.54) is 0 Å². The van der Waals surface area contributed by atoms with Crippen LogP contribution in [0, 0.1) is 0 Å². The summed E-state index contributed by atoms with van der Waals surface area (Å²) in [4.78, 5) is 24.5. The summed E-state index contributed by atoms with van der Waals surface area (Å²) in [6, 6.07) is 13.9. The number of benzene rings is 2. The largest absolute Gasteiger partial charge is 0.324 e. The van der Waals surface area contributed by atoms with Crippen LogP contribution in [0.15, 0.2) is 42.5 Å². The average molecular weight is 254 g/mol. The molecule has 96 valence electrons. The summed E-state index contributed by atoms with van der Waals surface area (Å²) >= 11 is 0. The van der Waals surface area contributed by atoms with E-state index in [1.807, 2.05) is 24.3 Å². The molecule has 0 radical (unpaired) electrons. The molecule has 3 rings (SSSR count). The zero-order chi connectivity index (χ0) is 13.2. The maximum Gasteiger partial charge on any atom is 0.324 e. The van der Waals surface area contributed by atoms with E-state index in [1.54, 1.807) is 4.90 Å². The van der Waals surface area contributed by atoms with E-state index in [2.05, 4.69) is 23.5 Å². The number of hydrogen-bond acceptors (Lipinski definition) is 2. The van der Waals surface area contributed by atoms with Gasteiger partial charge in [-0.25, -0.2) is 4.79 Å². The summed E-state index contributed by atoms with van der Waals surface area (Å²) in [7, 11) is 0. The molecule has 0 aliphatic carbocycles. The van der Waals surface area contributed by atoms with Gasteiger partial charge in [0.15, 0.2) is 0 Å². The Labute approximate surface area is 111 Å². The molecule has 0 bridgehead atoms. The van der Waals surface area contributed by atoms with Crippen molar-refractivity contribution < 1.29 is 9.59 Å². The van der Waals surface area contributed by atoms with Gasteiger partial charge in [-0.1, -0.05) is 42.5 Å². The second-order valence-corrected chi connectivity index (χ2v) is 4.66. The molecule has 1 aliphatic rings. The zero-order valence-corrected chi connectivity index (χ0v) is 10.4. The van der Waals surface area contributed by atoms with Gasteiger partial charge in [-0.05, 0) is 16.3 Å². The van der Waals surface area contributed by atoms with Crippen molar-refractivity contribution in [2.45, 2.75) is 13.0 Å². The van der Waals surface area contributed by atoms with Crippen molar-refractivity contribution in [2.24, 2.45) is 0 Å². The molecule has 2 aromatic carbocycles. The fourth-order valence-electron chi connectivity index (χ4n) is 2.39. The summed E-state index contributed by atoms with van der Waals surface area (Å²) in [5.41, 5.74) is 1.10. The molecular weight excluding hydrogens is 240 g/mol. The first-order valence-electron chi connectivity index (χ1n) is 6.29. The van der Waals surface area contributed by atoms with Crippen LogP contribution in [0.1, 0.15) is 12.0 Å². The van der Waals surface area contributed by atoms with E-state index in [4.69, 9.17) is 0 Å². The SMILES string of the molecule is O=C1CCN(Cc2cccc3ccccc23)C(=O)N1. The third kappa shape index (κ3) is 2.29. The predicted molar refractivity (Wildman–Crippen MR) is 72.5 cm³/mol. The number of nitrogens with one attached hydrogen (secondary N) is 1. The molecule has 1 N–H and O–H groups in total. The van der Waals surface area contributed by atoms with E-state index >= 15 is 0 Å². The van der Waals surface area contributed by atoms with Crippen LogP contribution in [0.4, 0.5) is 4.79 Å². The Balaban J connectivity index is 1.89. The van der Waals surface area contributed by atoms with E-state index in [0.29, 0.717) is 19.5 Å². The lowest BCUT2D eigenvalue weighted by atomic mass is 10.0. The number of imide groups is 1. The van der Waals surface area contributed by atoms with Gasteiger partial charge in [0.1, 0.15) is 0 Å². The van der Waals surface area contributed by atoms with Gasteiger partial charge in [0.05, 0.1) is 0 Å². The van der Waals surface area contributed by atoms with Crippen LogP contribution < -0.4 is 5.32 Å². The third-order valence-corrected chi connectivity index (χ3v) is 3.38. The number of fused-ring (bicyclic) bond motifs is 1. The molecule has 1 aliphatic heterocycles. The van der Waals surface area contributed by atoms with Gasteiger partial charge in [-0.15, -0.1) is 0 Å². The third-order valence-electron chi connectivity index (χ3n) is 3.38. The van der Waals surface area contributed by atoms with Gasteiger partial charge in [0, 0.05) is 19.5 Å². The van der Waals surface area contributed by atoms with E-state index in [9.17, 15) is 9.59 Å². The number of carbonyl (C=O) groups is 2. The van der Waals surface area contributed by atoms with Crippen molar-refractivity contribution in [3.05, 3.63) is 48.0 Å². The smallest absolute Gasteiger partial charge is 0.320 e. The Morgan fingerprint density at radius 2 is 1.84 bits per heavy atom. The Kier molecular flexibility index (Phi) is 2.91. The van der Waals surface area contributed by atoms with Crippen molar-refractivity contribution in [1.82, 2.24) is 10.2 Å². The molecule has 1 fully saturated rings. The number of rotatable bonds is 2. The minimum Gasteiger partial charge on any atom is -0.320 e. The summed E-state index contributed by atoms with van der Waals surface area (Å²) in [6.45, 7) is 1.01. The lowest BCUT2D eigenvalue weighted by Gasteiger charge is -2.27. The molecule has 19 heavy (non-hydrogen) atoms. The molecular formula is C15H14N2O2. The average Bonchev–Trinajstić information content (AvgIpc) is 2.42.